The number of nitrogens with zero attached hydrogens (tertiary/aromatic N) is 1. The predicted molar refractivity (Wildman–Crippen MR) is 66.9 cm³/mol. The molecule has 0 spiro atoms. The fourth-order valence-electron chi connectivity index (χ4n) is 1.97. The van der Waals surface area contributed by atoms with Gasteiger partial charge in [-0.05, 0) is 31.0 Å². The Hall–Kier alpha value is -1.13. The third-order valence-electron chi connectivity index (χ3n) is 2.94. The summed E-state index contributed by atoms with van der Waals surface area (Å²) in [6.45, 7) is 3.04. The van der Waals surface area contributed by atoms with Crippen molar-refractivity contribution in [1.82, 2.24) is 4.90 Å². The van der Waals surface area contributed by atoms with Crippen LogP contribution >= 0.6 is 12.4 Å². The molecule has 1 amide bonds. The number of hydrogen-bond donors (Lipinski definition) is 1. The molecule has 0 saturated carbocycles. The first-order valence-electron chi connectivity index (χ1n) is 5.39. The summed E-state index contributed by atoms with van der Waals surface area (Å²) in [5.74, 6) is -0.498. The average Bonchev–Trinajstić information content (AvgIpc) is 2.67. The largest absolute Gasteiger partial charge is 0.337 e. The van der Waals surface area contributed by atoms with E-state index in [1.165, 1.54) is 12.1 Å². The second-order valence-electron chi connectivity index (χ2n) is 4.26. The molecule has 0 radical (unpaired) electrons. The van der Waals surface area contributed by atoms with Gasteiger partial charge >= 0.3 is 0 Å². The number of aryl methyl sites for hydroxylation is 1. The Morgan fingerprint density at radius 3 is 2.82 bits per heavy atom. The lowest BCUT2D eigenvalue weighted by molar-refractivity contribution is 0.0789. The maximum Gasteiger partial charge on any atom is 0.254 e. The van der Waals surface area contributed by atoms with Crippen LogP contribution in [0.2, 0.25) is 0 Å². The summed E-state index contributed by atoms with van der Waals surface area (Å²) >= 11 is 0. The van der Waals surface area contributed by atoms with Crippen molar-refractivity contribution in [3.05, 3.63) is 35.1 Å². The molecule has 0 unspecified atom stereocenters. The van der Waals surface area contributed by atoms with Crippen LogP contribution in [0, 0.1) is 12.7 Å². The third-order valence-corrected chi connectivity index (χ3v) is 2.94. The molecular weight excluding hydrogens is 243 g/mol. The number of carbonyl (C=O) groups excluding carboxylic acids is 1. The Morgan fingerprint density at radius 2 is 2.24 bits per heavy atom. The zero-order valence-electron chi connectivity index (χ0n) is 9.65. The van der Waals surface area contributed by atoms with Crippen molar-refractivity contribution in [1.29, 1.82) is 0 Å². The van der Waals surface area contributed by atoms with E-state index in [1.807, 2.05) is 6.92 Å². The molecule has 1 saturated heterocycles. The van der Waals surface area contributed by atoms with E-state index in [1.54, 1.807) is 11.0 Å². The Morgan fingerprint density at radius 1 is 1.53 bits per heavy atom. The minimum absolute atomic E-state index is 0. The van der Waals surface area contributed by atoms with E-state index >= 15 is 0 Å². The van der Waals surface area contributed by atoms with Gasteiger partial charge in [-0.1, -0.05) is 6.07 Å². The van der Waals surface area contributed by atoms with Crippen LogP contribution in [0.4, 0.5) is 4.39 Å². The molecule has 94 valence electrons. The highest BCUT2D eigenvalue weighted by Gasteiger charge is 2.25. The summed E-state index contributed by atoms with van der Waals surface area (Å²) < 4.78 is 13.1. The molecule has 0 aliphatic carbocycles. The second kappa shape index (κ2) is 5.47. The standard InChI is InChI=1S/C12H15FN2O.ClH/c1-8-2-3-9(13)6-11(8)12(16)15-5-4-10(14)7-15;/h2-3,6,10H,4-5,7,14H2,1H3;1H/t10-;/m0./s1. The smallest absolute Gasteiger partial charge is 0.254 e. The Balaban J connectivity index is 0.00000144. The van der Waals surface area contributed by atoms with Gasteiger partial charge in [-0.15, -0.1) is 12.4 Å². The van der Waals surface area contributed by atoms with Gasteiger partial charge in [-0.25, -0.2) is 4.39 Å². The van der Waals surface area contributed by atoms with E-state index in [4.69, 9.17) is 5.73 Å². The zero-order valence-corrected chi connectivity index (χ0v) is 10.5. The van der Waals surface area contributed by atoms with E-state index in [2.05, 4.69) is 0 Å². The van der Waals surface area contributed by atoms with Crippen molar-refractivity contribution < 1.29 is 9.18 Å². The van der Waals surface area contributed by atoms with Crippen LogP contribution in [0.5, 0.6) is 0 Å². The van der Waals surface area contributed by atoms with E-state index in [0.717, 1.165) is 12.0 Å². The van der Waals surface area contributed by atoms with Gasteiger partial charge in [-0.2, -0.15) is 0 Å². The fourth-order valence-corrected chi connectivity index (χ4v) is 1.97. The van der Waals surface area contributed by atoms with Crippen molar-refractivity contribution >= 4 is 18.3 Å². The number of carbonyl (C=O) groups is 1. The molecule has 1 heterocycles. The number of rotatable bonds is 1. The minimum Gasteiger partial charge on any atom is -0.337 e. The van der Waals surface area contributed by atoms with Crippen LogP contribution in [0.1, 0.15) is 22.3 Å². The number of nitrogens with two attached hydrogens (primary N) is 1. The van der Waals surface area contributed by atoms with Gasteiger partial charge in [0.15, 0.2) is 0 Å². The maximum atomic E-state index is 13.1. The molecule has 2 N–H and O–H groups in total. The Bertz CT molecular complexity index is 425. The van der Waals surface area contributed by atoms with Crippen LogP contribution in [0.25, 0.3) is 0 Å². The van der Waals surface area contributed by atoms with Gasteiger partial charge in [0.2, 0.25) is 0 Å². The highest BCUT2D eigenvalue weighted by molar-refractivity contribution is 5.95. The monoisotopic (exact) mass is 258 g/mol. The first kappa shape index (κ1) is 13.9. The Kier molecular flexibility index (Phi) is 4.48. The molecule has 17 heavy (non-hydrogen) atoms. The number of benzene rings is 1. The van der Waals surface area contributed by atoms with Gasteiger partial charge in [0.05, 0.1) is 0 Å². The summed E-state index contributed by atoms with van der Waals surface area (Å²) in [5, 5.41) is 0. The highest BCUT2D eigenvalue weighted by Crippen LogP contribution is 2.16. The maximum absolute atomic E-state index is 13.1. The van der Waals surface area contributed by atoms with E-state index in [9.17, 15) is 9.18 Å². The SMILES string of the molecule is Cc1ccc(F)cc1C(=O)N1CC[C@H](N)C1.Cl. The van der Waals surface area contributed by atoms with Crippen LogP contribution in [-0.4, -0.2) is 29.9 Å². The lowest BCUT2D eigenvalue weighted by Crippen LogP contribution is -2.32. The normalized spacial score (nSPS) is 19.0. The van der Waals surface area contributed by atoms with Crippen molar-refractivity contribution in [2.75, 3.05) is 13.1 Å². The van der Waals surface area contributed by atoms with Crippen LogP contribution < -0.4 is 5.73 Å². The summed E-state index contributed by atoms with van der Waals surface area (Å²) in [6.07, 6.45) is 0.820. The molecule has 2 rings (SSSR count). The molecule has 3 nitrogen and oxygen atoms in total. The van der Waals surface area contributed by atoms with Crippen LogP contribution in [-0.2, 0) is 0 Å². The molecule has 1 aliphatic heterocycles. The molecule has 0 aromatic heterocycles. The molecule has 1 fully saturated rings. The third kappa shape index (κ3) is 2.96. The summed E-state index contributed by atoms with van der Waals surface area (Å²) in [6, 6.07) is 4.33. The Labute approximate surface area is 106 Å². The van der Waals surface area contributed by atoms with Gasteiger partial charge in [0, 0.05) is 24.7 Å². The lowest BCUT2D eigenvalue weighted by atomic mass is 10.1. The van der Waals surface area contributed by atoms with Crippen molar-refractivity contribution in [3.63, 3.8) is 0 Å². The highest BCUT2D eigenvalue weighted by atomic mass is 35.5. The van der Waals surface area contributed by atoms with Crippen LogP contribution in [0.3, 0.4) is 0 Å². The number of hydrogen-bond acceptors (Lipinski definition) is 2. The summed E-state index contributed by atoms with van der Waals surface area (Å²) in [5.41, 5.74) is 6.98. The van der Waals surface area contributed by atoms with E-state index in [-0.39, 0.29) is 30.2 Å². The topological polar surface area (TPSA) is 46.3 Å². The number of likely N-dealkylation sites (tertiary alicyclic amines) is 1. The van der Waals surface area contributed by atoms with E-state index in [0.29, 0.717) is 18.7 Å². The van der Waals surface area contributed by atoms with Gasteiger partial charge in [0.1, 0.15) is 5.82 Å². The average molecular weight is 259 g/mol. The fraction of sp³-hybridized carbons (Fsp3) is 0.417. The van der Waals surface area contributed by atoms with Crippen molar-refractivity contribution in [2.24, 2.45) is 5.73 Å². The van der Waals surface area contributed by atoms with Crippen molar-refractivity contribution in [2.45, 2.75) is 19.4 Å². The van der Waals surface area contributed by atoms with Gasteiger partial charge in [0.25, 0.3) is 5.91 Å². The predicted octanol–water partition coefficient (Wildman–Crippen LogP) is 1.73. The van der Waals surface area contributed by atoms with Gasteiger partial charge in [-0.3, -0.25) is 4.79 Å². The second-order valence-corrected chi connectivity index (χ2v) is 4.26. The summed E-state index contributed by atoms with van der Waals surface area (Å²) in [7, 11) is 0. The first-order chi connectivity index (χ1) is 7.58. The van der Waals surface area contributed by atoms with E-state index < -0.39 is 0 Å². The number of halogens is 2. The molecule has 5 heteroatoms. The molecule has 0 bridgehead atoms. The van der Waals surface area contributed by atoms with Crippen molar-refractivity contribution in [3.8, 4) is 0 Å². The molecule has 1 aromatic carbocycles. The minimum atomic E-state index is -0.377. The summed E-state index contributed by atoms with van der Waals surface area (Å²) in [4.78, 5) is 13.8. The van der Waals surface area contributed by atoms with Gasteiger partial charge < -0.3 is 10.6 Å². The lowest BCUT2D eigenvalue weighted by Gasteiger charge is -2.17. The van der Waals surface area contributed by atoms with Crippen LogP contribution in [0.15, 0.2) is 18.2 Å². The molecule has 1 aromatic rings. The quantitative estimate of drug-likeness (QED) is 0.834. The molecule has 1 atom stereocenters. The zero-order chi connectivity index (χ0) is 11.7. The molecule has 1 aliphatic rings. The first-order valence-corrected chi connectivity index (χ1v) is 5.39. The number of amides is 1. The molecular formula is C12H16ClFN2O.